The van der Waals surface area contributed by atoms with Gasteiger partial charge in [0.2, 0.25) is 5.95 Å². The lowest BCUT2D eigenvalue weighted by molar-refractivity contribution is 0.669. The normalized spacial score (nSPS) is 14.7. The molecule has 0 aliphatic heterocycles. The number of nitrogens with zero attached hydrogens (tertiary/aromatic N) is 4. The van der Waals surface area contributed by atoms with Gasteiger partial charge in [-0.05, 0) is 53.5 Å². The van der Waals surface area contributed by atoms with Crippen molar-refractivity contribution in [2.75, 3.05) is 0 Å². The van der Waals surface area contributed by atoms with E-state index in [1.807, 2.05) is 97.1 Å². The van der Waals surface area contributed by atoms with Crippen molar-refractivity contribution >= 4 is 65.7 Å². The minimum atomic E-state index is -0.567. The first-order valence-electron chi connectivity index (χ1n) is 21.1. The number of aromatic nitrogens is 4. The van der Waals surface area contributed by atoms with Crippen LogP contribution in [0.25, 0.3) is 106 Å². The van der Waals surface area contributed by atoms with E-state index in [-0.39, 0.29) is 61.3 Å². The van der Waals surface area contributed by atoms with Gasteiger partial charge in [0.15, 0.2) is 11.6 Å². The number of fused-ring (bicyclic) bond motifs is 10. The van der Waals surface area contributed by atoms with Crippen LogP contribution in [0, 0.1) is 0 Å². The molecule has 0 atom stereocenters. The summed E-state index contributed by atoms with van der Waals surface area (Å²) in [6.07, 6.45) is 0. The lowest BCUT2D eigenvalue weighted by atomic mass is 9.99. The molecule has 0 amide bonds. The summed E-state index contributed by atoms with van der Waals surface area (Å²) >= 11 is 0. The number of rotatable bonds is 4. The number of benzene rings is 7. The van der Waals surface area contributed by atoms with Crippen LogP contribution in [0.1, 0.15) is 13.7 Å². The molecule has 0 bridgehead atoms. The molecule has 238 valence electrons. The highest BCUT2D eigenvalue weighted by Gasteiger charge is 2.22. The van der Waals surface area contributed by atoms with Crippen molar-refractivity contribution in [1.29, 1.82) is 0 Å². The number of para-hydroxylation sites is 2. The summed E-state index contributed by atoms with van der Waals surface area (Å²) in [5.41, 5.74) is 3.83. The first kappa shape index (κ1) is 19.8. The van der Waals surface area contributed by atoms with Crippen LogP contribution in [0.5, 0.6) is 0 Å². The fourth-order valence-electron chi connectivity index (χ4n) is 6.91. The number of hydrogen-bond acceptors (Lipinski definition) is 5. The molecule has 6 nitrogen and oxygen atoms in total. The molecular weight excluding hydrogens is 629 g/mol. The third-order valence-electron chi connectivity index (χ3n) is 9.16. The van der Waals surface area contributed by atoms with E-state index in [4.69, 9.17) is 33.4 Å². The highest BCUT2D eigenvalue weighted by Crippen LogP contribution is 2.41. The Labute approximate surface area is 304 Å². The molecule has 0 spiro atoms. The number of furan rings is 2. The molecular formula is C45H26N4O2. The van der Waals surface area contributed by atoms with E-state index in [1.54, 1.807) is 0 Å². The first-order chi connectivity index (χ1) is 29.4. The molecule has 51 heavy (non-hydrogen) atoms. The second kappa shape index (κ2) is 10.7. The summed E-state index contributed by atoms with van der Waals surface area (Å²) in [5.74, 6) is 0.257. The van der Waals surface area contributed by atoms with Gasteiger partial charge < -0.3 is 8.83 Å². The predicted molar refractivity (Wildman–Crippen MR) is 205 cm³/mol. The maximum Gasteiger partial charge on any atom is 0.238 e. The summed E-state index contributed by atoms with van der Waals surface area (Å²) in [6.45, 7) is 0. The Kier molecular flexibility index (Phi) is 4.17. The van der Waals surface area contributed by atoms with Crippen molar-refractivity contribution < 1.29 is 22.5 Å². The van der Waals surface area contributed by atoms with Crippen LogP contribution in [0.2, 0.25) is 0 Å². The minimum absolute atomic E-state index is 0.00722. The average Bonchev–Trinajstić information content (AvgIpc) is 3.99. The summed E-state index contributed by atoms with van der Waals surface area (Å²) < 4.78 is 103. The van der Waals surface area contributed by atoms with Gasteiger partial charge in [-0.1, -0.05) is 115 Å². The summed E-state index contributed by atoms with van der Waals surface area (Å²) in [5, 5.41) is 1.51. The fourth-order valence-corrected chi connectivity index (χ4v) is 6.91. The van der Waals surface area contributed by atoms with Gasteiger partial charge >= 0.3 is 0 Å². The third kappa shape index (κ3) is 4.20. The Morgan fingerprint density at radius 3 is 2.06 bits per heavy atom. The largest absolute Gasteiger partial charge is 0.456 e. The standard InChI is InChI=1S/C45H26N4O2/c1-3-12-27(13-4-1)30-18-11-21-38-40(30)34-23-22-29(26-39(34)50-38)44-46-43(28-14-5-2-6-15-28)47-45(48-44)49-35-19-9-7-17-33(35)41-36(49)25-24-32-31-16-8-10-20-37(31)51-42(32)41/h1-26H/i7D,8D,9D,10D,16D,17D,19D,20D,24D,25D. The molecule has 11 rings (SSSR count). The monoisotopic (exact) mass is 664 g/mol. The van der Waals surface area contributed by atoms with Crippen LogP contribution in [-0.2, 0) is 0 Å². The van der Waals surface area contributed by atoms with E-state index >= 15 is 0 Å². The molecule has 0 saturated heterocycles. The van der Waals surface area contributed by atoms with Crippen molar-refractivity contribution in [3.8, 4) is 39.9 Å². The van der Waals surface area contributed by atoms with Crippen molar-refractivity contribution in [1.82, 2.24) is 19.5 Å². The van der Waals surface area contributed by atoms with Crippen molar-refractivity contribution in [3.63, 3.8) is 0 Å². The second-order valence-corrected chi connectivity index (χ2v) is 12.0. The molecule has 0 radical (unpaired) electrons. The summed E-state index contributed by atoms with van der Waals surface area (Å²) in [7, 11) is 0. The Bertz CT molecular complexity index is 3720. The predicted octanol–water partition coefficient (Wildman–Crippen LogP) is 11.8. The van der Waals surface area contributed by atoms with Gasteiger partial charge in [-0.3, -0.25) is 4.57 Å². The molecule has 0 unspecified atom stereocenters. The van der Waals surface area contributed by atoms with Crippen LogP contribution in [0.15, 0.2) is 166 Å². The van der Waals surface area contributed by atoms with Crippen LogP contribution in [-0.4, -0.2) is 19.5 Å². The van der Waals surface area contributed by atoms with Gasteiger partial charge in [-0.25, -0.2) is 4.98 Å². The smallest absolute Gasteiger partial charge is 0.238 e. The summed E-state index contributed by atoms with van der Waals surface area (Å²) in [6, 6.07) is 25.5. The van der Waals surface area contributed by atoms with Gasteiger partial charge in [0.1, 0.15) is 22.3 Å². The topological polar surface area (TPSA) is 69.9 Å². The Morgan fingerprint density at radius 2 is 1.22 bits per heavy atom. The van der Waals surface area contributed by atoms with E-state index in [1.165, 1.54) is 4.57 Å². The van der Waals surface area contributed by atoms with E-state index in [0.717, 1.165) is 21.9 Å². The van der Waals surface area contributed by atoms with E-state index in [0.29, 0.717) is 22.3 Å². The molecule has 4 aromatic heterocycles. The highest BCUT2D eigenvalue weighted by molar-refractivity contribution is 6.23. The Hall–Kier alpha value is -7.05. The molecule has 0 saturated carbocycles. The van der Waals surface area contributed by atoms with E-state index in [2.05, 4.69) is 0 Å². The molecule has 0 N–H and O–H groups in total. The Morgan fingerprint density at radius 1 is 0.471 bits per heavy atom. The first-order valence-corrected chi connectivity index (χ1v) is 16.1. The minimum Gasteiger partial charge on any atom is -0.456 e. The van der Waals surface area contributed by atoms with Crippen molar-refractivity contribution in [2.24, 2.45) is 0 Å². The highest BCUT2D eigenvalue weighted by atomic mass is 16.3. The van der Waals surface area contributed by atoms with Gasteiger partial charge in [0.25, 0.3) is 0 Å². The van der Waals surface area contributed by atoms with Crippen LogP contribution < -0.4 is 0 Å². The van der Waals surface area contributed by atoms with Crippen LogP contribution >= 0.6 is 0 Å². The molecule has 0 fully saturated rings. The zero-order chi connectivity index (χ0) is 42.2. The van der Waals surface area contributed by atoms with E-state index in [9.17, 15) is 4.11 Å². The lowest BCUT2D eigenvalue weighted by Gasteiger charge is -2.11. The maximum atomic E-state index is 9.49. The number of hydrogen-bond donors (Lipinski definition) is 0. The van der Waals surface area contributed by atoms with Crippen LogP contribution in [0.4, 0.5) is 0 Å². The fraction of sp³-hybridized carbons (Fsp3) is 0. The van der Waals surface area contributed by atoms with Crippen molar-refractivity contribution in [2.45, 2.75) is 0 Å². The summed E-state index contributed by atoms with van der Waals surface area (Å²) in [4.78, 5) is 14.7. The third-order valence-corrected chi connectivity index (χ3v) is 9.16. The molecule has 0 aliphatic carbocycles. The molecule has 6 heteroatoms. The second-order valence-electron chi connectivity index (χ2n) is 12.0. The molecule has 0 aliphatic rings. The molecule has 11 aromatic rings. The van der Waals surface area contributed by atoms with Gasteiger partial charge in [0.05, 0.1) is 30.1 Å². The quantitative estimate of drug-likeness (QED) is 0.187. The molecule has 7 aromatic carbocycles. The lowest BCUT2D eigenvalue weighted by Crippen LogP contribution is -2.06. The maximum absolute atomic E-state index is 9.49. The Balaban J connectivity index is 1.25. The van der Waals surface area contributed by atoms with Gasteiger partial charge in [-0.15, -0.1) is 0 Å². The van der Waals surface area contributed by atoms with Gasteiger partial charge in [-0.2, -0.15) is 9.97 Å². The SMILES string of the molecule is [2H]c1c([2H])c([2H])c2c(oc3c2c([2H])c([2H])c2c3c3c([2H])c([2H])c([2H])c([2H])c3n2-c2nc(-c3ccccc3)nc(-c3ccc4c(c3)oc3cccc(-c5ccccc5)c34)n2)c1[2H]. The average molecular weight is 665 g/mol. The zero-order valence-electron chi connectivity index (χ0n) is 36.3. The van der Waals surface area contributed by atoms with Crippen LogP contribution in [0.3, 0.4) is 0 Å². The van der Waals surface area contributed by atoms with Gasteiger partial charge in [0, 0.05) is 38.1 Å². The zero-order valence-corrected chi connectivity index (χ0v) is 26.3. The molecule has 4 heterocycles. The van der Waals surface area contributed by atoms with Crippen molar-refractivity contribution in [3.05, 3.63) is 157 Å². The van der Waals surface area contributed by atoms with E-state index < -0.39 is 60.4 Å².